The molecular formula is C17H27NO. The molecule has 1 N–H and O–H groups in total. The summed E-state index contributed by atoms with van der Waals surface area (Å²) in [6.07, 6.45) is 6.71. The van der Waals surface area contributed by atoms with Crippen molar-refractivity contribution >= 4 is 0 Å². The Morgan fingerprint density at radius 1 is 1.05 bits per heavy atom. The average Bonchev–Trinajstić information content (AvgIpc) is 2.46. The third-order valence-corrected chi connectivity index (χ3v) is 4.12. The predicted octanol–water partition coefficient (Wildman–Crippen LogP) is 3.03. The summed E-state index contributed by atoms with van der Waals surface area (Å²) >= 11 is 0. The van der Waals surface area contributed by atoms with E-state index >= 15 is 0 Å². The normalized spacial score (nSPS) is 17.8. The van der Waals surface area contributed by atoms with E-state index in [1.165, 1.54) is 30.4 Å². The lowest BCUT2D eigenvalue weighted by atomic mass is 10.0. The van der Waals surface area contributed by atoms with E-state index in [1.54, 1.807) is 0 Å². The van der Waals surface area contributed by atoms with Crippen LogP contribution < -0.4 is 0 Å². The molecule has 2 rings (SSSR count). The average molecular weight is 261 g/mol. The molecule has 1 aromatic carbocycles. The lowest BCUT2D eigenvalue weighted by molar-refractivity contribution is 0.0832. The lowest BCUT2D eigenvalue weighted by Crippen LogP contribution is -2.37. The quantitative estimate of drug-likeness (QED) is 0.851. The van der Waals surface area contributed by atoms with E-state index in [9.17, 15) is 5.11 Å². The van der Waals surface area contributed by atoms with Gasteiger partial charge in [0, 0.05) is 19.6 Å². The molecule has 0 aromatic heterocycles. The van der Waals surface area contributed by atoms with Gasteiger partial charge in [0.05, 0.1) is 6.10 Å². The first-order valence-electron chi connectivity index (χ1n) is 7.76. The summed E-state index contributed by atoms with van der Waals surface area (Å²) in [7, 11) is 0. The molecule has 0 aliphatic carbocycles. The smallest absolute Gasteiger partial charge is 0.0564 e. The Labute approximate surface area is 117 Å². The molecular weight excluding hydrogens is 234 g/mol. The van der Waals surface area contributed by atoms with Gasteiger partial charge in [0.25, 0.3) is 0 Å². The van der Waals surface area contributed by atoms with Gasteiger partial charge in [-0.25, -0.2) is 0 Å². The van der Waals surface area contributed by atoms with E-state index in [4.69, 9.17) is 0 Å². The highest BCUT2D eigenvalue weighted by atomic mass is 16.3. The molecule has 0 atom stereocenters. The van der Waals surface area contributed by atoms with Gasteiger partial charge in [-0.15, -0.1) is 0 Å². The Morgan fingerprint density at radius 2 is 1.63 bits per heavy atom. The number of hydrogen-bond donors (Lipinski definition) is 1. The molecule has 0 radical (unpaired) electrons. The molecule has 1 aliphatic heterocycles. The zero-order valence-corrected chi connectivity index (χ0v) is 12.1. The van der Waals surface area contributed by atoms with Crippen molar-refractivity contribution in [2.75, 3.05) is 19.6 Å². The molecule has 1 fully saturated rings. The Bertz CT molecular complexity index is 352. The van der Waals surface area contributed by atoms with Crippen LogP contribution in [0.3, 0.4) is 0 Å². The first kappa shape index (κ1) is 14.5. The fourth-order valence-electron chi connectivity index (χ4n) is 2.68. The van der Waals surface area contributed by atoms with Crippen molar-refractivity contribution in [1.82, 2.24) is 4.90 Å². The monoisotopic (exact) mass is 261 g/mol. The number of aryl methyl sites for hydroxylation is 1. The van der Waals surface area contributed by atoms with Gasteiger partial charge in [0.1, 0.15) is 0 Å². The Hall–Kier alpha value is -0.860. The number of nitrogens with zero attached hydrogens (tertiary/aromatic N) is 1. The van der Waals surface area contributed by atoms with Gasteiger partial charge in [-0.2, -0.15) is 0 Å². The SMILES string of the molecule is CCCCc1ccc(CCN2CCC(O)CC2)cc1. The van der Waals surface area contributed by atoms with Crippen LogP contribution in [0.5, 0.6) is 0 Å². The van der Waals surface area contributed by atoms with E-state index in [0.29, 0.717) is 0 Å². The molecule has 2 nitrogen and oxygen atoms in total. The van der Waals surface area contributed by atoms with E-state index in [1.807, 2.05) is 0 Å². The van der Waals surface area contributed by atoms with Gasteiger partial charge >= 0.3 is 0 Å². The topological polar surface area (TPSA) is 23.5 Å². The molecule has 106 valence electrons. The van der Waals surface area contributed by atoms with Crippen molar-refractivity contribution < 1.29 is 5.11 Å². The van der Waals surface area contributed by atoms with E-state index < -0.39 is 0 Å². The van der Waals surface area contributed by atoms with Crippen LogP contribution in [-0.4, -0.2) is 35.7 Å². The van der Waals surface area contributed by atoms with E-state index in [-0.39, 0.29) is 6.10 Å². The van der Waals surface area contributed by atoms with Crippen molar-refractivity contribution in [2.45, 2.75) is 51.6 Å². The number of rotatable bonds is 6. The standard InChI is InChI=1S/C17H27NO/c1-2-3-4-15-5-7-16(8-6-15)9-12-18-13-10-17(19)11-14-18/h5-8,17,19H,2-4,9-14H2,1H3. The number of likely N-dealkylation sites (tertiary alicyclic amines) is 1. The highest BCUT2D eigenvalue weighted by Crippen LogP contribution is 2.12. The fourth-order valence-corrected chi connectivity index (χ4v) is 2.68. The summed E-state index contributed by atoms with van der Waals surface area (Å²) in [5, 5.41) is 9.49. The Morgan fingerprint density at radius 3 is 2.21 bits per heavy atom. The number of aliphatic hydroxyl groups is 1. The number of unbranched alkanes of at least 4 members (excludes halogenated alkanes) is 1. The third-order valence-electron chi connectivity index (χ3n) is 4.12. The summed E-state index contributed by atoms with van der Waals surface area (Å²) in [5.41, 5.74) is 2.90. The van der Waals surface area contributed by atoms with Crippen LogP contribution >= 0.6 is 0 Å². The summed E-state index contributed by atoms with van der Waals surface area (Å²) in [4.78, 5) is 2.47. The minimum absolute atomic E-state index is 0.0610. The summed E-state index contributed by atoms with van der Waals surface area (Å²) in [6.45, 7) is 5.47. The number of aliphatic hydroxyl groups excluding tert-OH is 1. The Balaban J connectivity index is 1.73. The van der Waals surface area contributed by atoms with Crippen molar-refractivity contribution in [3.63, 3.8) is 0 Å². The first-order chi connectivity index (χ1) is 9.28. The molecule has 1 aliphatic rings. The van der Waals surface area contributed by atoms with Crippen molar-refractivity contribution in [3.8, 4) is 0 Å². The maximum atomic E-state index is 9.49. The van der Waals surface area contributed by atoms with Crippen LogP contribution in [0.1, 0.15) is 43.7 Å². The summed E-state index contributed by atoms with van der Waals surface area (Å²) in [6, 6.07) is 9.13. The largest absolute Gasteiger partial charge is 0.393 e. The highest BCUT2D eigenvalue weighted by Gasteiger charge is 2.16. The zero-order valence-electron chi connectivity index (χ0n) is 12.1. The number of piperidine rings is 1. The van der Waals surface area contributed by atoms with Gasteiger partial charge < -0.3 is 10.0 Å². The van der Waals surface area contributed by atoms with Crippen molar-refractivity contribution in [2.24, 2.45) is 0 Å². The van der Waals surface area contributed by atoms with Crippen LogP contribution in [0.15, 0.2) is 24.3 Å². The van der Waals surface area contributed by atoms with Gasteiger partial charge in [0.15, 0.2) is 0 Å². The molecule has 2 heteroatoms. The van der Waals surface area contributed by atoms with Crippen LogP contribution in [0.25, 0.3) is 0 Å². The molecule has 1 aromatic rings. The minimum atomic E-state index is -0.0610. The highest BCUT2D eigenvalue weighted by molar-refractivity contribution is 5.22. The number of hydrogen-bond acceptors (Lipinski definition) is 2. The Kier molecular flexibility index (Phi) is 5.87. The van der Waals surface area contributed by atoms with Crippen LogP contribution in [0, 0.1) is 0 Å². The lowest BCUT2D eigenvalue weighted by Gasteiger charge is -2.29. The molecule has 0 saturated carbocycles. The van der Waals surface area contributed by atoms with Gasteiger partial charge in [-0.05, 0) is 43.2 Å². The van der Waals surface area contributed by atoms with Gasteiger partial charge in [-0.3, -0.25) is 0 Å². The summed E-state index contributed by atoms with van der Waals surface area (Å²) < 4.78 is 0. The molecule has 19 heavy (non-hydrogen) atoms. The van der Waals surface area contributed by atoms with E-state index in [2.05, 4.69) is 36.1 Å². The van der Waals surface area contributed by atoms with Crippen molar-refractivity contribution in [1.29, 1.82) is 0 Å². The molecule has 1 saturated heterocycles. The molecule has 0 amide bonds. The predicted molar refractivity (Wildman–Crippen MR) is 80.4 cm³/mol. The third kappa shape index (κ3) is 4.96. The molecule has 0 spiro atoms. The van der Waals surface area contributed by atoms with Crippen LogP contribution in [0.4, 0.5) is 0 Å². The second kappa shape index (κ2) is 7.66. The maximum Gasteiger partial charge on any atom is 0.0564 e. The van der Waals surface area contributed by atoms with Gasteiger partial charge in [-0.1, -0.05) is 37.6 Å². The van der Waals surface area contributed by atoms with E-state index in [0.717, 1.165) is 38.9 Å². The molecule has 0 unspecified atom stereocenters. The fraction of sp³-hybridized carbons (Fsp3) is 0.647. The second-order valence-electron chi connectivity index (χ2n) is 5.74. The molecule has 1 heterocycles. The minimum Gasteiger partial charge on any atom is -0.393 e. The zero-order chi connectivity index (χ0) is 13.5. The van der Waals surface area contributed by atoms with Gasteiger partial charge in [0.2, 0.25) is 0 Å². The number of benzene rings is 1. The molecule has 0 bridgehead atoms. The first-order valence-corrected chi connectivity index (χ1v) is 7.76. The summed E-state index contributed by atoms with van der Waals surface area (Å²) in [5.74, 6) is 0. The van der Waals surface area contributed by atoms with Crippen LogP contribution in [-0.2, 0) is 12.8 Å². The maximum absolute atomic E-state index is 9.49. The van der Waals surface area contributed by atoms with Crippen molar-refractivity contribution in [3.05, 3.63) is 35.4 Å². The second-order valence-corrected chi connectivity index (χ2v) is 5.74. The van der Waals surface area contributed by atoms with Crippen LogP contribution in [0.2, 0.25) is 0 Å².